The van der Waals surface area contributed by atoms with Crippen molar-refractivity contribution in [3.63, 3.8) is 0 Å². The van der Waals surface area contributed by atoms with Gasteiger partial charge in [-0.2, -0.15) is 0 Å². The number of nitrogens with one attached hydrogen (secondary N) is 1. The highest BCUT2D eigenvalue weighted by molar-refractivity contribution is 5.25. The molecule has 0 spiro atoms. The van der Waals surface area contributed by atoms with Gasteiger partial charge in [0, 0.05) is 18.6 Å². The van der Waals surface area contributed by atoms with Gasteiger partial charge in [0.1, 0.15) is 5.82 Å². The number of hydrogen-bond acceptors (Lipinski definition) is 2. The quantitative estimate of drug-likeness (QED) is 0.898. The van der Waals surface area contributed by atoms with Crippen molar-refractivity contribution in [3.05, 3.63) is 35.1 Å². The minimum Gasteiger partial charge on any atom is -0.315 e. The van der Waals surface area contributed by atoms with Gasteiger partial charge in [-0.15, -0.1) is 0 Å². The third-order valence-corrected chi connectivity index (χ3v) is 4.28. The van der Waals surface area contributed by atoms with Crippen molar-refractivity contribution in [3.8, 4) is 0 Å². The smallest absolute Gasteiger partial charge is 0.126 e. The summed E-state index contributed by atoms with van der Waals surface area (Å²) < 4.78 is 13.7. The van der Waals surface area contributed by atoms with Crippen LogP contribution in [0.5, 0.6) is 0 Å². The molecule has 0 radical (unpaired) electrons. The number of halogens is 1. The van der Waals surface area contributed by atoms with Crippen LogP contribution in [0.3, 0.4) is 0 Å². The summed E-state index contributed by atoms with van der Waals surface area (Å²) in [7, 11) is 0. The van der Waals surface area contributed by atoms with Gasteiger partial charge in [-0.3, -0.25) is 4.90 Å². The molecule has 0 bridgehead atoms. The van der Waals surface area contributed by atoms with Crippen LogP contribution < -0.4 is 5.32 Å². The molecule has 1 aliphatic rings. The van der Waals surface area contributed by atoms with Crippen molar-refractivity contribution in [1.82, 2.24) is 10.2 Å². The number of likely N-dealkylation sites (N-methyl/N-ethyl adjacent to an activating group) is 1. The van der Waals surface area contributed by atoms with Gasteiger partial charge >= 0.3 is 0 Å². The first kappa shape index (κ1) is 14.5. The Morgan fingerprint density at radius 3 is 2.84 bits per heavy atom. The third-order valence-electron chi connectivity index (χ3n) is 4.28. The molecular weight excluding hydrogens is 239 g/mol. The molecule has 1 aliphatic heterocycles. The minimum absolute atomic E-state index is 0.0952. The Morgan fingerprint density at radius 1 is 1.47 bits per heavy atom. The van der Waals surface area contributed by atoms with Gasteiger partial charge in [0.15, 0.2) is 0 Å². The van der Waals surface area contributed by atoms with Crippen LogP contribution in [0.1, 0.15) is 43.9 Å². The summed E-state index contributed by atoms with van der Waals surface area (Å²) in [6.45, 7) is 9.36. The van der Waals surface area contributed by atoms with E-state index in [1.54, 1.807) is 6.07 Å². The molecule has 0 aromatic heterocycles. The van der Waals surface area contributed by atoms with Crippen molar-refractivity contribution in [2.24, 2.45) is 0 Å². The zero-order valence-electron chi connectivity index (χ0n) is 12.2. The second kappa shape index (κ2) is 6.49. The Hall–Kier alpha value is -0.930. The maximum absolute atomic E-state index is 13.7. The maximum Gasteiger partial charge on any atom is 0.126 e. The fraction of sp³-hybridized carbons (Fsp3) is 0.625. The molecule has 0 aliphatic carbocycles. The molecule has 1 saturated heterocycles. The fourth-order valence-corrected chi connectivity index (χ4v) is 3.03. The van der Waals surface area contributed by atoms with Crippen molar-refractivity contribution >= 4 is 0 Å². The Kier molecular flexibility index (Phi) is 4.94. The Morgan fingerprint density at radius 2 is 2.26 bits per heavy atom. The Labute approximate surface area is 116 Å². The maximum atomic E-state index is 13.7. The predicted molar refractivity (Wildman–Crippen MR) is 77.8 cm³/mol. The molecule has 2 unspecified atom stereocenters. The summed E-state index contributed by atoms with van der Waals surface area (Å²) in [6.07, 6.45) is 2.47. The normalized spacial score (nSPS) is 21.6. The first-order chi connectivity index (χ1) is 9.13. The van der Waals surface area contributed by atoms with E-state index in [1.807, 2.05) is 13.0 Å². The van der Waals surface area contributed by atoms with E-state index in [1.165, 1.54) is 12.8 Å². The molecule has 3 heteroatoms. The largest absolute Gasteiger partial charge is 0.315 e. The Balaban J connectivity index is 2.14. The van der Waals surface area contributed by atoms with Gasteiger partial charge < -0.3 is 5.32 Å². The van der Waals surface area contributed by atoms with Crippen LogP contribution in [-0.4, -0.2) is 30.6 Å². The van der Waals surface area contributed by atoms with Gasteiger partial charge in [0.05, 0.1) is 0 Å². The van der Waals surface area contributed by atoms with Gasteiger partial charge in [0.25, 0.3) is 0 Å². The number of rotatable bonds is 4. The molecule has 1 heterocycles. The molecule has 2 atom stereocenters. The second-order valence-corrected chi connectivity index (χ2v) is 5.52. The van der Waals surface area contributed by atoms with Crippen LogP contribution in [0, 0.1) is 12.7 Å². The van der Waals surface area contributed by atoms with Crippen LogP contribution >= 0.6 is 0 Å². The fourth-order valence-electron chi connectivity index (χ4n) is 3.03. The zero-order chi connectivity index (χ0) is 13.8. The van der Waals surface area contributed by atoms with E-state index in [0.717, 1.165) is 30.8 Å². The van der Waals surface area contributed by atoms with Crippen LogP contribution in [0.4, 0.5) is 4.39 Å². The molecule has 2 nitrogen and oxygen atoms in total. The van der Waals surface area contributed by atoms with E-state index < -0.39 is 0 Å². The SMILES string of the molecule is CCN(C1CCCNC1)C(C)c1ccc(C)c(F)c1. The van der Waals surface area contributed by atoms with Crippen molar-refractivity contribution in [2.45, 2.75) is 45.7 Å². The molecule has 1 aromatic rings. The van der Waals surface area contributed by atoms with Crippen LogP contribution in [-0.2, 0) is 0 Å². The highest BCUT2D eigenvalue weighted by Gasteiger charge is 2.24. The first-order valence-corrected chi connectivity index (χ1v) is 7.36. The Bertz CT molecular complexity index is 413. The summed E-state index contributed by atoms with van der Waals surface area (Å²) >= 11 is 0. The molecule has 106 valence electrons. The minimum atomic E-state index is -0.0952. The molecule has 0 saturated carbocycles. The lowest BCUT2D eigenvalue weighted by Crippen LogP contribution is -2.46. The number of hydrogen-bond donors (Lipinski definition) is 1. The van der Waals surface area contributed by atoms with E-state index >= 15 is 0 Å². The summed E-state index contributed by atoms with van der Waals surface area (Å²) in [5.74, 6) is -0.0952. The van der Waals surface area contributed by atoms with Crippen molar-refractivity contribution in [2.75, 3.05) is 19.6 Å². The van der Waals surface area contributed by atoms with E-state index in [9.17, 15) is 4.39 Å². The molecule has 0 amide bonds. The van der Waals surface area contributed by atoms with Crippen LogP contribution in [0.2, 0.25) is 0 Å². The van der Waals surface area contributed by atoms with Gasteiger partial charge in [-0.25, -0.2) is 4.39 Å². The topological polar surface area (TPSA) is 15.3 Å². The summed E-state index contributed by atoms with van der Waals surface area (Å²) in [5.41, 5.74) is 1.80. The van der Waals surface area contributed by atoms with E-state index in [0.29, 0.717) is 6.04 Å². The lowest BCUT2D eigenvalue weighted by molar-refractivity contribution is 0.128. The summed E-state index contributed by atoms with van der Waals surface area (Å²) in [5, 5.41) is 3.46. The second-order valence-electron chi connectivity index (χ2n) is 5.52. The van der Waals surface area contributed by atoms with Gasteiger partial charge in [-0.05, 0) is 57.0 Å². The third kappa shape index (κ3) is 3.34. The molecule has 1 fully saturated rings. The summed E-state index contributed by atoms with van der Waals surface area (Å²) in [6, 6.07) is 6.47. The van der Waals surface area contributed by atoms with Crippen LogP contribution in [0.25, 0.3) is 0 Å². The highest BCUT2D eigenvalue weighted by Crippen LogP contribution is 2.26. The monoisotopic (exact) mass is 264 g/mol. The van der Waals surface area contributed by atoms with E-state index in [4.69, 9.17) is 0 Å². The van der Waals surface area contributed by atoms with E-state index in [-0.39, 0.29) is 11.9 Å². The zero-order valence-corrected chi connectivity index (χ0v) is 12.2. The summed E-state index contributed by atoms with van der Waals surface area (Å²) in [4.78, 5) is 2.48. The molecular formula is C16H25FN2. The van der Waals surface area contributed by atoms with Gasteiger partial charge in [-0.1, -0.05) is 19.1 Å². The first-order valence-electron chi connectivity index (χ1n) is 7.36. The molecule has 1 aromatic carbocycles. The van der Waals surface area contributed by atoms with E-state index in [2.05, 4.69) is 30.1 Å². The number of aryl methyl sites for hydroxylation is 1. The standard InChI is InChI=1S/C16H25FN2/c1-4-19(15-6-5-9-18-11-15)13(3)14-8-7-12(2)16(17)10-14/h7-8,10,13,15,18H,4-6,9,11H2,1-3H3. The highest BCUT2D eigenvalue weighted by atomic mass is 19.1. The number of benzene rings is 1. The average molecular weight is 264 g/mol. The predicted octanol–water partition coefficient (Wildman–Crippen LogP) is 3.27. The number of piperidine rings is 1. The van der Waals surface area contributed by atoms with Crippen molar-refractivity contribution < 1.29 is 4.39 Å². The molecule has 2 rings (SSSR count). The molecule has 19 heavy (non-hydrogen) atoms. The number of nitrogens with zero attached hydrogens (tertiary/aromatic N) is 1. The molecule has 1 N–H and O–H groups in total. The average Bonchev–Trinajstić information content (AvgIpc) is 2.44. The van der Waals surface area contributed by atoms with Gasteiger partial charge in [0.2, 0.25) is 0 Å². The lowest BCUT2D eigenvalue weighted by Gasteiger charge is -2.38. The lowest BCUT2D eigenvalue weighted by atomic mass is 9.99. The van der Waals surface area contributed by atoms with Crippen molar-refractivity contribution in [1.29, 1.82) is 0 Å². The van der Waals surface area contributed by atoms with Crippen LogP contribution in [0.15, 0.2) is 18.2 Å².